The molecule has 6 nitrogen and oxygen atoms in total. The Hall–Kier alpha value is -3.35. The number of nitrogens with zero attached hydrogens (tertiary/aromatic N) is 2. The van der Waals surface area contributed by atoms with Crippen LogP contribution in [0.5, 0.6) is 11.5 Å². The quantitative estimate of drug-likeness (QED) is 0.674. The highest BCUT2D eigenvalue weighted by atomic mass is 19.1. The second kappa shape index (κ2) is 8.98. The molecule has 1 N–H and O–H groups in total. The molecule has 3 aromatic rings. The summed E-state index contributed by atoms with van der Waals surface area (Å²) in [4.78, 5) is 16.4. The van der Waals surface area contributed by atoms with Crippen molar-refractivity contribution < 1.29 is 18.7 Å². The maximum atomic E-state index is 14.5. The number of benzene rings is 2. The highest BCUT2D eigenvalue weighted by Crippen LogP contribution is 2.30. The fraction of sp³-hybridized carbons (Fsp3) is 0.304. The zero-order chi connectivity index (χ0) is 20.9. The van der Waals surface area contributed by atoms with E-state index in [2.05, 4.69) is 10.3 Å². The first-order valence-electron chi connectivity index (χ1n) is 10.0. The Labute approximate surface area is 174 Å². The fourth-order valence-electron chi connectivity index (χ4n) is 3.40. The summed E-state index contributed by atoms with van der Waals surface area (Å²) < 4.78 is 27.5. The van der Waals surface area contributed by atoms with Gasteiger partial charge < -0.3 is 19.4 Å². The molecule has 4 rings (SSSR count). The lowest BCUT2D eigenvalue weighted by molar-refractivity contribution is -0.121. The third-order valence-electron chi connectivity index (χ3n) is 5.04. The molecule has 0 atom stereocenters. The summed E-state index contributed by atoms with van der Waals surface area (Å²) in [6.07, 6.45) is 5.14. The van der Waals surface area contributed by atoms with Crippen molar-refractivity contribution in [1.29, 1.82) is 0 Å². The van der Waals surface area contributed by atoms with Gasteiger partial charge in [-0.15, -0.1) is 0 Å². The van der Waals surface area contributed by atoms with E-state index in [1.54, 1.807) is 23.0 Å². The second-order valence-corrected chi connectivity index (χ2v) is 7.24. The molecule has 156 valence electrons. The number of halogens is 1. The van der Waals surface area contributed by atoms with Gasteiger partial charge in [0.1, 0.15) is 11.6 Å². The molecule has 30 heavy (non-hydrogen) atoms. The van der Waals surface area contributed by atoms with Gasteiger partial charge in [-0.25, -0.2) is 9.37 Å². The lowest BCUT2D eigenvalue weighted by atomic mass is 10.1. The molecule has 1 aromatic heterocycles. The van der Waals surface area contributed by atoms with Crippen molar-refractivity contribution in [2.24, 2.45) is 0 Å². The Kier molecular flexibility index (Phi) is 5.97. The first-order valence-corrected chi connectivity index (χ1v) is 10.0. The summed E-state index contributed by atoms with van der Waals surface area (Å²) in [7, 11) is 0. The number of nitrogens with one attached hydrogen (secondary N) is 1. The van der Waals surface area contributed by atoms with E-state index in [-0.39, 0.29) is 18.3 Å². The van der Waals surface area contributed by atoms with Crippen molar-refractivity contribution in [3.8, 4) is 17.2 Å². The number of hydrogen-bond acceptors (Lipinski definition) is 4. The molecule has 0 saturated heterocycles. The summed E-state index contributed by atoms with van der Waals surface area (Å²) >= 11 is 0. The molecule has 2 aromatic carbocycles. The Morgan fingerprint density at radius 1 is 1.13 bits per heavy atom. The monoisotopic (exact) mass is 409 g/mol. The average molecular weight is 409 g/mol. The van der Waals surface area contributed by atoms with Gasteiger partial charge in [0.25, 0.3) is 0 Å². The minimum absolute atomic E-state index is 0.0861. The van der Waals surface area contributed by atoms with Crippen LogP contribution in [0.15, 0.2) is 48.8 Å². The molecule has 2 heterocycles. The molecule has 0 saturated carbocycles. The van der Waals surface area contributed by atoms with Gasteiger partial charge >= 0.3 is 0 Å². The highest BCUT2D eigenvalue weighted by Gasteiger charge is 2.12. The maximum absolute atomic E-state index is 14.5. The number of fused-ring (bicyclic) bond motifs is 1. The van der Waals surface area contributed by atoms with Crippen molar-refractivity contribution in [3.05, 3.63) is 71.6 Å². The van der Waals surface area contributed by atoms with Crippen LogP contribution >= 0.6 is 0 Å². The van der Waals surface area contributed by atoms with Gasteiger partial charge in [-0.3, -0.25) is 4.79 Å². The summed E-state index contributed by atoms with van der Waals surface area (Å²) in [5.41, 5.74) is 2.16. The third kappa shape index (κ3) is 4.62. The Bertz CT molecular complexity index is 1050. The summed E-state index contributed by atoms with van der Waals surface area (Å²) in [5, 5.41) is 2.85. The lowest BCUT2D eigenvalue weighted by Crippen LogP contribution is -2.23. The normalized spacial score (nSPS) is 13.0. The predicted octanol–water partition coefficient (Wildman–Crippen LogP) is 3.73. The van der Waals surface area contributed by atoms with E-state index in [4.69, 9.17) is 9.47 Å². The van der Waals surface area contributed by atoms with Crippen molar-refractivity contribution in [2.75, 3.05) is 13.2 Å². The van der Waals surface area contributed by atoms with Crippen LogP contribution in [0.3, 0.4) is 0 Å². The molecule has 0 bridgehead atoms. The van der Waals surface area contributed by atoms with Gasteiger partial charge in [0.2, 0.25) is 5.91 Å². The molecular weight excluding hydrogens is 385 g/mol. The molecule has 0 unspecified atom stereocenters. The summed E-state index contributed by atoms with van der Waals surface area (Å²) in [6, 6.07) is 10.7. The van der Waals surface area contributed by atoms with Crippen LogP contribution in [0, 0.1) is 12.7 Å². The average Bonchev–Trinajstić information content (AvgIpc) is 3.03. The molecule has 0 spiro atoms. The molecule has 1 aliphatic rings. The number of aryl methyl sites for hydroxylation is 2. The first-order chi connectivity index (χ1) is 14.6. The van der Waals surface area contributed by atoms with Crippen molar-refractivity contribution in [1.82, 2.24) is 14.9 Å². The van der Waals surface area contributed by atoms with Crippen molar-refractivity contribution >= 4 is 5.91 Å². The van der Waals surface area contributed by atoms with Gasteiger partial charge in [-0.1, -0.05) is 12.1 Å². The number of rotatable bonds is 6. The number of aromatic nitrogens is 2. The van der Waals surface area contributed by atoms with E-state index in [0.29, 0.717) is 43.1 Å². The molecule has 1 aliphatic heterocycles. The Morgan fingerprint density at radius 2 is 1.93 bits per heavy atom. The topological polar surface area (TPSA) is 65.4 Å². The van der Waals surface area contributed by atoms with Gasteiger partial charge in [0, 0.05) is 31.8 Å². The van der Waals surface area contributed by atoms with Crippen LogP contribution in [0.2, 0.25) is 0 Å². The number of carbonyl (C=O) groups is 1. The maximum Gasteiger partial charge on any atom is 0.220 e. The van der Waals surface area contributed by atoms with E-state index in [9.17, 15) is 9.18 Å². The standard InChI is InChI=1S/C23H24FN3O3/c1-16-25-9-10-27(16)20-6-3-18(13-19(20)24)15-26-23(28)8-5-17-4-7-21-22(14-17)30-12-2-11-29-21/h3-4,6-7,9-10,13-14H,2,5,8,11-12,15H2,1H3,(H,26,28). The molecule has 0 fully saturated rings. The van der Waals surface area contributed by atoms with Crippen molar-refractivity contribution in [2.45, 2.75) is 32.7 Å². The van der Waals surface area contributed by atoms with Crippen molar-refractivity contribution in [3.63, 3.8) is 0 Å². The van der Waals surface area contributed by atoms with Gasteiger partial charge in [0.05, 0.1) is 18.9 Å². The van der Waals surface area contributed by atoms with Gasteiger partial charge in [-0.05, 0) is 48.7 Å². The zero-order valence-electron chi connectivity index (χ0n) is 16.9. The number of hydrogen-bond donors (Lipinski definition) is 1. The number of imidazole rings is 1. The van der Waals surface area contributed by atoms with E-state index in [1.165, 1.54) is 6.07 Å². The second-order valence-electron chi connectivity index (χ2n) is 7.24. The van der Waals surface area contributed by atoms with E-state index < -0.39 is 0 Å². The highest BCUT2D eigenvalue weighted by molar-refractivity contribution is 5.76. The smallest absolute Gasteiger partial charge is 0.220 e. The van der Waals surface area contributed by atoms with Gasteiger partial charge in [0.15, 0.2) is 11.5 Å². The van der Waals surface area contributed by atoms with Crippen LogP contribution < -0.4 is 14.8 Å². The fourth-order valence-corrected chi connectivity index (χ4v) is 3.40. The SMILES string of the molecule is Cc1nccn1-c1ccc(CNC(=O)CCc2ccc3c(c2)OCCCO3)cc1F. The van der Waals surface area contributed by atoms with E-state index in [1.807, 2.05) is 31.2 Å². The minimum atomic E-state index is -0.352. The molecule has 0 radical (unpaired) electrons. The zero-order valence-corrected chi connectivity index (χ0v) is 16.9. The number of amides is 1. The lowest BCUT2D eigenvalue weighted by Gasteiger charge is -2.11. The predicted molar refractivity (Wildman–Crippen MR) is 110 cm³/mol. The molecule has 7 heteroatoms. The van der Waals surface area contributed by atoms with Crippen LogP contribution in [0.1, 0.15) is 29.8 Å². The minimum Gasteiger partial charge on any atom is -0.490 e. The van der Waals surface area contributed by atoms with Crippen LogP contribution in [0.25, 0.3) is 5.69 Å². The van der Waals surface area contributed by atoms with Gasteiger partial charge in [-0.2, -0.15) is 0 Å². The Balaban J connectivity index is 1.30. The first kappa shape index (κ1) is 19.9. The molecule has 0 aliphatic carbocycles. The largest absolute Gasteiger partial charge is 0.490 e. The number of ether oxygens (including phenoxy) is 2. The Morgan fingerprint density at radius 3 is 2.70 bits per heavy atom. The third-order valence-corrected chi connectivity index (χ3v) is 5.04. The summed E-state index contributed by atoms with van der Waals surface area (Å²) in [5.74, 6) is 1.75. The molecular formula is C23H24FN3O3. The van der Waals surface area contributed by atoms with E-state index in [0.717, 1.165) is 23.5 Å². The number of carbonyl (C=O) groups excluding carboxylic acids is 1. The van der Waals surface area contributed by atoms with Crippen LogP contribution in [-0.2, 0) is 17.8 Å². The van der Waals surface area contributed by atoms with Crippen LogP contribution in [-0.4, -0.2) is 28.7 Å². The van der Waals surface area contributed by atoms with E-state index >= 15 is 0 Å². The summed E-state index contributed by atoms with van der Waals surface area (Å²) in [6.45, 7) is 3.38. The van der Waals surface area contributed by atoms with Crippen LogP contribution in [0.4, 0.5) is 4.39 Å². The molecule has 1 amide bonds.